The van der Waals surface area contributed by atoms with Gasteiger partial charge in [-0.25, -0.2) is 39.1 Å². The zero-order chi connectivity index (χ0) is 16.8. The Balaban J connectivity index is 2.37. The highest BCUT2D eigenvalue weighted by molar-refractivity contribution is 5.36. The Morgan fingerprint density at radius 2 is 1.30 bits per heavy atom. The van der Waals surface area contributed by atoms with Gasteiger partial charge in [-0.05, 0) is 31.1 Å². The van der Waals surface area contributed by atoms with Gasteiger partial charge in [0.25, 0.3) is 0 Å². The molecule has 0 aromatic carbocycles. The predicted octanol–water partition coefficient (Wildman–Crippen LogP) is 0.732. The molecule has 2 fully saturated rings. The Hall–Kier alpha value is -2.48. The van der Waals surface area contributed by atoms with E-state index in [1.807, 2.05) is 0 Å². The Morgan fingerprint density at radius 3 is 1.87 bits per heavy atom. The fourth-order valence-electron chi connectivity index (χ4n) is 4.54. The lowest BCUT2D eigenvalue weighted by Gasteiger charge is -2.45. The quantitative estimate of drug-likeness (QED) is 0.484. The maximum Gasteiger partial charge on any atom is 0.234 e. The SMILES string of the molecule is O=C=NCC1CC2(CN=C=O)CC1CC2(CN=C=O)CN=C=O. The van der Waals surface area contributed by atoms with Crippen molar-refractivity contribution in [2.24, 2.45) is 42.6 Å². The van der Waals surface area contributed by atoms with E-state index in [-0.39, 0.29) is 31.5 Å². The van der Waals surface area contributed by atoms with Gasteiger partial charge in [-0.1, -0.05) is 0 Å². The van der Waals surface area contributed by atoms with Crippen LogP contribution in [0.25, 0.3) is 0 Å². The molecule has 0 saturated heterocycles. The van der Waals surface area contributed by atoms with Gasteiger partial charge >= 0.3 is 0 Å². The van der Waals surface area contributed by atoms with Crippen LogP contribution in [-0.2, 0) is 19.2 Å². The molecule has 0 spiro atoms. The molecule has 2 bridgehead atoms. The predicted molar refractivity (Wildman–Crippen MR) is 77.7 cm³/mol. The Morgan fingerprint density at radius 1 is 0.739 bits per heavy atom. The van der Waals surface area contributed by atoms with E-state index in [9.17, 15) is 19.2 Å². The Labute approximate surface area is 132 Å². The number of aliphatic imine (C=N–C) groups is 4. The lowest BCUT2D eigenvalue weighted by Crippen LogP contribution is -2.47. The molecule has 0 amide bonds. The minimum atomic E-state index is -0.534. The highest BCUT2D eigenvalue weighted by atomic mass is 16.1. The van der Waals surface area contributed by atoms with Gasteiger partial charge < -0.3 is 0 Å². The average molecular weight is 316 g/mol. The van der Waals surface area contributed by atoms with Crippen LogP contribution < -0.4 is 0 Å². The highest BCUT2D eigenvalue weighted by Gasteiger charge is 2.64. The van der Waals surface area contributed by atoms with Crippen molar-refractivity contribution in [2.75, 3.05) is 26.2 Å². The third-order valence-electron chi connectivity index (χ3n) is 5.48. The zero-order valence-corrected chi connectivity index (χ0v) is 12.5. The molecule has 0 aromatic rings. The summed E-state index contributed by atoms with van der Waals surface area (Å²) in [6.45, 7) is 0.966. The Kier molecular flexibility index (Phi) is 5.28. The van der Waals surface area contributed by atoms with E-state index < -0.39 is 10.8 Å². The van der Waals surface area contributed by atoms with Crippen molar-refractivity contribution in [3.05, 3.63) is 0 Å². The summed E-state index contributed by atoms with van der Waals surface area (Å²) in [4.78, 5) is 56.9. The van der Waals surface area contributed by atoms with Crippen LogP contribution >= 0.6 is 0 Å². The lowest BCUT2D eigenvalue weighted by atomic mass is 9.60. The molecule has 0 N–H and O–H groups in total. The minimum Gasteiger partial charge on any atom is -0.211 e. The number of hydrogen-bond donors (Lipinski definition) is 0. The second-order valence-electron chi connectivity index (χ2n) is 6.35. The van der Waals surface area contributed by atoms with E-state index in [0.29, 0.717) is 19.4 Å². The van der Waals surface area contributed by atoms with Crippen molar-refractivity contribution in [2.45, 2.75) is 19.3 Å². The van der Waals surface area contributed by atoms with Gasteiger partial charge in [0.1, 0.15) is 0 Å². The Bertz CT molecular complexity index is 632. The van der Waals surface area contributed by atoms with Crippen LogP contribution in [0.3, 0.4) is 0 Å². The van der Waals surface area contributed by atoms with Crippen molar-refractivity contribution in [1.29, 1.82) is 0 Å². The summed E-state index contributed by atoms with van der Waals surface area (Å²) < 4.78 is 0. The van der Waals surface area contributed by atoms with E-state index >= 15 is 0 Å². The van der Waals surface area contributed by atoms with Crippen LogP contribution in [-0.4, -0.2) is 50.5 Å². The van der Waals surface area contributed by atoms with Crippen molar-refractivity contribution in [3.63, 3.8) is 0 Å². The van der Waals surface area contributed by atoms with E-state index in [2.05, 4.69) is 20.0 Å². The molecule has 0 aliphatic heterocycles. The average Bonchev–Trinajstić information content (AvgIpc) is 3.07. The monoisotopic (exact) mass is 316 g/mol. The lowest BCUT2D eigenvalue weighted by molar-refractivity contribution is 0.0588. The molecule has 8 nitrogen and oxygen atoms in total. The number of fused-ring (bicyclic) bond motifs is 2. The molecule has 2 aliphatic carbocycles. The fourth-order valence-corrected chi connectivity index (χ4v) is 4.54. The molecular formula is C15H16N4O4. The van der Waals surface area contributed by atoms with Gasteiger partial charge in [0.2, 0.25) is 24.3 Å². The van der Waals surface area contributed by atoms with Crippen LogP contribution in [0.2, 0.25) is 0 Å². The van der Waals surface area contributed by atoms with Crippen molar-refractivity contribution in [3.8, 4) is 0 Å². The number of rotatable bonds is 8. The van der Waals surface area contributed by atoms with Gasteiger partial charge in [-0.15, -0.1) is 0 Å². The molecule has 2 aliphatic rings. The number of isocyanates is 4. The van der Waals surface area contributed by atoms with E-state index in [0.717, 1.165) is 6.42 Å². The molecule has 3 atom stereocenters. The van der Waals surface area contributed by atoms with Crippen LogP contribution in [0.5, 0.6) is 0 Å². The summed E-state index contributed by atoms with van der Waals surface area (Å²) >= 11 is 0. The highest BCUT2D eigenvalue weighted by Crippen LogP contribution is 2.66. The topological polar surface area (TPSA) is 118 Å². The zero-order valence-electron chi connectivity index (χ0n) is 12.5. The molecule has 2 saturated carbocycles. The second-order valence-corrected chi connectivity index (χ2v) is 6.35. The maximum atomic E-state index is 10.6. The fraction of sp³-hybridized carbons (Fsp3) is 0.733. The number of hydrogen-bond acceptors (Lipinski definition) is 8. The largest absolute Gasteiger partial charge is 0.234 e. The first kappa shape index (κ1) is 16.9. The van der Waals surface area contributed by atoms with Gasteiger partial charge in [0.05, 0.1) is 26.2 Å². The summed E-state index contributed by atoms with van der Waals surface area (Å²) in [6, 6.07) is 0. The van der Waals surface area contributed by atoms with Crippen molar-refractivity contribution >= 4 is 24.3 Å². The standard InChI is InChI=1S/C15H16N4O4/c20-8-16-4-13-3-14(5-17-9-21)1-12(13)2-15(14,6-18-10-22)7-19-11-23/h12-13H,1-7H2. The molecule has 23 heavy (non-hydrogen) atoms. The van der Waals surface area contributed by atoms with Crippen molar-refractivity contribution in [1.82, 2.24) is 0 Å². The van der Waals surface area contributed by atoms with Gasteiger partial charge in [-0.2, -0.15) is 0 Å². The van der Waals surface area contributed by atoms with E-state index in [1.54, 1.807) is 12.2 Å². The molecule has 0 radical (unpaired) electrons. The van der Waals surface area contributed by atoms with E-state index in [1.165, 1.54) is 12.2 Å². The number of nitrogens with zero attached hydrogens (tertiary/aromatic N) is 4. The first-order chi connectivity index (χ1) is 11.2. The van der Waals surface area contributed by atoms with Crippen molar-refractivity contribution < 1.29 is 19.2 Å². The third-order valence-corrected chi connectivity index (χ3v) is 5.48. The molecule has 2 rings (SSSR count). The van der Waals surface area contributed by atoms with Crippen LogP contribution in [0, 0.1) is 22.7 Å². The molecular weight excluding hydrogens is 300 g/mol. The first-order valence-corrected chi connectivity index (χ1v) is 7.31. The third kappa shape index (κ3) is 3.02. The smallest absolute Gasteiger partial charge is 0.211 e. The molecule has 0 heterocycles. The first-order valence-electron chi connectivity index (χ1n) is 7.31. The maximum absolute atomic E-state index is 10.6. The van der Waals surface area contributed by atoms with E-state index in [4.69, 9.17) is 0 Å². The normalized spacial score (nSPS) is 33.7. The summed E-state index contributed by atoms with van der Waals surface area (Å²) in [6.07, 6.45) is 8.28. The molecule has 120 valence electrons. The van der Waals surface area contributed by atoms with Crippen LogP contribution in [0.4, 0.5) is 0 Å². The summed E-state index contributed by atoms with van der Waals surface area (Å²) in [7, 11) is 0. The van der Waals surface area contributed by atoms with Crippen LogP contribution in [0.1, 0.15) is 19.3 Å². The molecule has 0 aromatic heterocycles. The molecule has 8 heteroatoms. The van der Waals surface area contributed by atoms with Gasteiger partial charge in [0, 0.05) is 10.8 Å². The van der Waals surface area contributed by atoms with Crippen LogP contribution in [0.15, 0.2) is 20.0 Å². The second kappa shape index (κ2) is 7.19. The van der Waals surface area contributed by atoms with Gasteiger partial charge in [-0.3, -0.25) is 0 Å². The summed E-state index contributed by atoms with van der Waals surface area (Å²) in [5.41, 5.74) is -0.951. The summed E-state index contributed by atoms with van der Waals surface area (Å²) in [5.74, 6) is 0.435. The summed E-state index contributed by atoms with van der Waals surface area (Å²) in [5, 5.41) is 0. The number of carbonyl (C=O) groups excluding carboxylic acids is 4. The minimum absolute atomic E-state index is 0.177. The molecule has 3 unspecified atom stereocenters. The van der Waals surface area contributed by atoms with Gasteiger partial charge in [0.15, 0.2) is 0 Å².